The van der Waals surface area contributed by atoms with Crippen molar-refractivity contribution in [1.29, 1.82) is 0 Å². The lowest BCUT2D eigenvalue weighted by Crippen LogP contribution is -2.06. The zero-order valence-corrected chi connectivity index (χ0v) is 10.2. The number of fused-ring (bicyclic) bond motifs is 1. The van der Waals surface area contributed by atoms with Crippen molar-refractivity contribution in [3.8, 4) is 0 Å². The molecule has 2 aromatic rings. The number of esters is 1. The van der Waals surface area contributed by atoms with Crippen LogP contribution in [0.4, 0.5) is 0 Å². The topological polar surface area (TPSA) is 55.0 Å². The molecule has 0 saturated carbocycles. The zero-order chi connectivity index (χ0) is 10.8. The molecule has 0 radical (unpaired) electrons. The molecule has 0 amide bonds. The van der Waals surface area contributed by atoms with E-state index in [0.29, 0.717) is 12.3 Å². The van der Waals surface area contributed by atoms with Gasteiger partial charge in [0.05, 0.1) is 18.3 Å². The average Bonchev–Trinajstić information content (AvgIpc) is 2.60. The maximum Gasteiger partial charge on any atom is 0.356 e. The molecule has 0 aromatic carbocycles. The molecule has 0 aliphatic rings. The first-order valence-corrected chi connectivity index (χ1v) is 5.60. The van der Waals surface area contributed by atoms with Crippen molar-refractivity contribution < 1.29 is 9.53 Å². The lowest BCUT2D eigenvalue weighted by atomic mass is 10.2. The maximum absolute atomic E-state index is 11.4. The molecule has 5 heteroatoms. The highest BCUT2D eigenvalue weighted by Gasteiger charge is 2.10. The number of nitrogens with zero attached hydrogens (tertiary/aromatic N) is 1. The van der Waals surface area contributed by atoms with E-state index in [4.69, 9.17) is 4.74 Å². The first kappa shape index (κ1) is 10.4. The molecule has 0 atom stereocenters. The van der Waals surface area contributed by atoms with Gasteiger partial charge in [-0.15, -0.1) is 0 Å². The Kier molecular flexibility index (Phi) is 2.90. The van der Waals surface area contributed by atoms with Gasteiger partial charge in [-0.1, -0.05) is 0 Å². The maximum atomic E-state index is 11.4. The first-order chi connectivity index (χ1) is 7.22. The van der Waals surface area contributed by atoms with E-state index in [1.807, 2.05) is 6.20 Å². The Morgan fingerprint density at radius 3 is 3.20 bits per heavy atom. The number of H-pyrrole nitrogens is 1. The molecule has 0 bridgehead atoms. The van der Waals surface area contributed by atoms with Crippen LogP contribution in [0.5, 0.6) is 0 Å². The fraction of sp³-hybridized carbons (Fsp3) is 0.200. The number of hydrogen-bond donors (Lipinski definition) is 1. The van der Waals surface area contributed by atoms with Crippen molar-refractivity contribution in [2.45, 2.75) is 6.92 Å². The Morgan fingerprint density at radius 2 is 2.47 bits per heavy atom. The van der Waals surface area contributed by atoms with E-state index in [0.717, 1.165) is 14.5 Å². The number of aromatic amines is 1. The quantitative estimate of drug-likeness (QED) is 0.683. The molecule has 15 heavy (non-hydrogen) atoms. The SMILES string of the molecule is CCOC(=O)c1cc2c(I)c[nH]c2cn1. The second-order valence-corrected chi connectivity index (χ2v) is 4.13. The predicted octanol–water partition coefficient (Wildman–Crippen LogP) is 2.34. The van der Waals surface area contributed by atoms with Gasteiger partial charge in [0.25, 0.3) is 0 Å². The third-order valence-electron chi connectivity index (χ3n) is 2.00. The minimum absolute atomic E-state index is 0.349. The third-order valence-corrected chi connectivity index (χ3v) is 2.89. The normalized spacial score (nSPS) is 10.5. The van der Waals surface area contributed by atoms with Crippen LogP contribution in [0, 0.1) is 3.57 Å². The smallest absolute Gasteiger partial charge is 0.356 e. The molecule has 0 saturated heterocycles. The van der Waals surface area contributed by atoms with Crippen LogP contribution in [0.25, 0.3) is 10.9 Å². The van der Waals surface area contributed by atoms with Crippen molar-refractivity contribution in [3.63, 3.8) is 0 Å². The minimum atomic E-state index is -0.378. The Bertz CT molecular complexity index is 507. The number of nitrogens with one attached hydrogen (secondary N) is 1. The van der Waals surface area contributed by atoms with Gasteiger partial charge in [-0.2, -0.15) is 0 Å². The molecule has 0 spiro atoms. The minimum Gasteiger partial charge on any atom is -0.461 e. The summed E-state index contributed by atoms with van der Waals surface area (Å²) in [6.07, 6.45) is 3.52. The largest absolute Gasteiger partial charge is 0.461 e. The summed E-state index contributed by atoms with van der Waals surface area (Å²) < 4.78 is 5.94. The first-order valence-electron chi connectivity index (χ1n) is 4.52. The van der Waals surface area contributed by atoms with Gasteiger partial charge in [0.2, 0.25) is 0 Å². The molecule has 2 rings (SSSR count). The summed E-state index contributed by atoms with van der Waals surface area (Å²) >= 11 is 2.20. The van der Waals surface area contributed by atoms with Crippen molar-refractivity contribution in [2.75, 3.05) is 6.61 Å². The van der Waals surface area contributed by atoms with Gasteiger partial charge in [0, 0.05) is 15.2 Å². The second kappa shape index (κ2) is 4.18. The Balaban J connectivity index is 2.45. The lowest BCUT2D eigenvalue weighted by molar-refractivity contribution is 0.0520. The van der Waals surface area contributed by atoms with E-state index in [2.05, 4.69) is 32.6 Å². The van der Waals surface area contributed by atoms with Crippen LogP contribution in [0.1, 0.15) is 17.4 Å². The molecule has 0 unspecified atom stereocenters. The molecular weight excluding hydrogens is 307 g/mol. The van der Waals surface area contributed by atoms with Gasteiger partial charge >= 0.3 is 5.97 Å². The number of pyridine rings is 1. The van der Waals surface area contributed by atoms with Crippen LogP contribution < -0.4 is 0 Å². The highest BCUT2D eigenvalue weighted by atomic mass is 127. The monoisotopic (exact) mass is 316 g/mol. The number of rotatable bonds is 2. The number of carbonyl (C=O) groups excluding carboxylic acids is 1. The van der Waals surface area contributed by atoms with Crippen molar-refractivity contribution in [3.05, 3.63) is 27.7 Å². The third kappa shape index (κ3) is 1.97. The molecule has 0 aliphatic carbocycles. The van der Waals surface area contributed by atoms with E-state index in [9.17, 15) is 4.79 Å². The number of hydrogen-bond acceptors (Lipinski definition) is 3. The molecule has 2 aromatic heterocycles. The van der Waals surface area contributed by atoms with Crippen molar-refractivity contribution >= 4 is 39.5 Å². The highest BCUT2D eigenvalue weighted by molar-refractivity contribution is 14.1. The van der Waals surface area contributed by atoms with E-state index in [1.54, 1.807) is 19.2 Å². The summed E-state index contributed by atoms with van der Waals surface area (Å²) in [5, 5.41) is 0.994. The molecule has 0 fully saturated rings. The Morgan fingerprint density at radius 1 is 1.67 bits per heavy atom. The molecule has 78 valence electrons. The standard InChI is InChI=1S/C10H9IN2O2/c1-2-15-10(14)8-3-6-7(11)4-12-9(6)5-13-8/h3-5,12H,2H2,1H3. The Labute approximate surface area is 100 Å². The Hall–Kier alpha value is -1.11. The average molecular weight is 316 g/mol. The predicted molar refractivity (Wildman–Crippen MR) is 64.8 cm³/mol. The molecule has 2 heterocycles. The fourth-order valence-electron chi connectivity index (χ4n) is 1.30. The molecule has 1 N–H and O–H groups in total. The van der Waals surface area contributed by atoms with E-state index in [1.165, 1.54) is 0 Å². The van der Waals surface area contributed by atoms with Gasteiger partial charge < -0.3 is 9.72 Å². The van der Waals surface area contributed by atoms with Crippen LogP contribution in [-0.2, 0) is 4.74 Å². The fourth-order valence-corrected chi connectivity index (χ4v) is 1.91. The van der Waals surface area contributed by atoms with Gasteiger partial charge in [0.15, 0.2) is 0 Å². The van der Waals surface area contributed by atoms with Crippen molar-refractivity contribution in [2.24, 2.45) is 0 Å². The van der Waals surface area contributed by atoms with Gasteiger partial charge in [0.1, 0.15) is 5.69 Å². The van der Waals surface area contributed by atoms with Crippen LogP contribution in [-0.4, -0.2) is 22.5 Å². The number of aromatic nitrogens is 2. The van der Waals surface area contributed by atoms with E-state index in [-0.39, 0.29) is 5.97 Å². The number of halogens is 1. The number of ether oxygens (including phenoxy) is 1. The van der Waals surface area contributed by atoms with Crippen LogP contribution in [0.2, 0.25) is 0 Å². The molecule has 0 aliphatic heterocycles. The summed E-state index contributed by atoms with van der Waals surface area (Å²) in [6, 6.07) is 1.74. The van der Waals surface area contributed by atoms with E-state index < -0.39 is 0 Å². The summed E-state index contributed by atoms with van der Waals surface area (Å²) in [6.45, 7) is 2.14. The van der Waals surface area contributed by atoms with Gasteiger partial charge in [-0.05, 0) is 35.6 Å². The van der Waals surface area contributed by atoms with E-state index >= 15 is 0 Å². The summed E-state index contributed by atoms with van der Waals surface area (Å²) in [5.74, 6) is -0.378. The zero-order valence-electron chi connectivity index (χ0n) is 8.08. The summed E-state index contributed by atoms with van der Waals surface area (Å²) in [5.41, 5.74) is 1.27. The number of carbonyl (C=O) groups is 1. The van der Waals surface area contributed by atoms with Crippen molar-refractivity contribution in [1.82, 2.24) is 9.97 Å². The van der Waals surface area contributed by atoms with Crippen LogP contribution in [0.3, 0.4) is 0 Å². The van der Waals surface area contributed by atoms with Gasteiger partial charge in [-0.3, -0.25) is 0 Å². The molecule has 4 nitrogen and oxygen atoms in total. The molecular formula is C10H9IN2O2. The summed E-state index contributed by atoms with van der Waals surface area (Å²) in [7, 11) is 0. The second-order valence-electron chi connectivity index (χ2n) is 2.97. The lowest BCUT2D eigenvalue weighted by Gasteiger charge is -2.00. The highest BCUT2D eigenvalue weighted by Crippen LogP contribution is 2.19. The van der Waals surface area contributed by atoms with Gasteiger partial charge in [-0.25, -0.2) is 9.78 Å². The summed E-state index contributed by atoms with van der Waals surface area (Å²) in [4.78, 5) is 18.5. The van der Waals surface area contributed by atoms with Crippen LogP contribution in [0.15, 0.2) is 18.5 Å². The van der Waals surface area contributed by atoms with Crippen LogP contribution >= 0.6 is 22.6 Å².